The van der Waals surface area contributed by atoms with E-state index in [9.17, 15) is 5.21 Å². The van der Waals surface area contributed by atoms with Crippen molar-refractivity contribution in [3.05, 3.63) is 10.2 Å². The second kappa shape index (κ2) is 7.60. The van der Waals surface area contributed by atoms with Gasteiger partial charge in [0.2, 0.25) is 0 Å². The summed E-state index contributed by atoms with van der Waals surface area (Å²) in [6, 6.07) is 0. The Balaban J connectivity index is 0.00000180. The van der Waals surface area contributed by atoms with Crippen LogP contribution in [0.1, 0.15) is 39.1 Å². The van der Waals surface area contributed by atoms with Gasteiger partial charge in [-0.2, -0.15) is 0 Å². The standard InChI is InChI=1S/C12H22N4OS.Na.H2O/c1-5-6-15-7-8-16(17,9-15)11-14-13-10(18-11)12(2,3)4;;/h5-9H2,1-4H3;;1H2/q;+1;/p-1. The molecule has 0 bridgehead atoms. The molecular formula is C12H23N4NaO2S. The molecule has 1 unspecified atom stereocenters. The van der Waals surface area contributed by atoms with E-state index in [2.05, 4.69) is 42.8 Å². The van der Waals surface area contributed by atoms with E-state index in [0.29, 0.717) is 18.3 Å². The average Bonchev–Trinajstić information content (AvgIpc) is 2.85. The predicted octanol–water partition coefficient (Wildman–Crippen LogP) is -0.849. The van der Waals surface area contributed by atoms with Crippen LogP contribution in [-0.4, -0.2) is 46.9 Å². The summed E-state index contributed by atoms with van der Waals surface area (Å²) in [7, 11) is 0. The summed E-state index contributed by atoms with van der Waals surface area (Å²) in [5.74, 6) is 0. The fourth-order valence-corrected chi connectivity index (χ4v) is 3.06. The Morgan fingerprint density at radius 1 is 1.35 bits per heavy atom. The molecule has 20 heavy (non-hydrogen) atoms. The van der Waals surface area contributed by atoms with Gasteiger partial charge in [0.05, 0.1) is 13.1 Å². The van der Waals surface area contributed by atoms with Crippen LogP contribution in [0.15, 0.2) is 0 Å². The molecule has 2 rings (SSSR count). The van der Waals surface area contributed by atoms with Crippen molar-refractivity contribution in [3.8, 4) is 0 Å². The van der Waals surface area contributed by atoms with Crippen LogP contribution in [0.3, 0.4) is 0 Å². The van der Waals surface area contributed by atoms with Crippen LogP contribution in [0.4, 0.5) is 5.13 Å². The minimum Gasteiger partial charge on any atom is -0.870 e. The summed E-state index contributed by atoms with van der Waals surface area (Å²) in [4.78, 5) is 2.21. The monoisotopic (exact) mass is 310 g/mol. The van der Waals surface area contributed by atoms with Gasteiger partial charge < -0.3 is 10.7 Å². The third-order valence-electron chi connectivity index (χ3n) is 3.15. The molecule has 0 amide bonds. The number of hydrogen-bond acceptors (Lipinski definition) is 6. The second-order valence-electron chi connectivity index (χ2n) is 6.01. The van der Waals surface area contributed by atoms with E-state index in [1.165, 1.54) is 11.3 Å². The van der Waals surface area contributed by atoms with Gasteiger partial charge in [-0.15, -0.1) is 5.10 Å². The van der Waals surface area contributed by atoms with Crippen molar-refractivity contribution in [1.29, 1.82) is 0 Å². The first kappa shape index (κ1) is 20.4. The number of nitrogens with zero attached hydrogens (tertiary/aromatic N) is 4. The summed E-state index contributed by atoms with van der Waals surface area (Å²) in [6.07, 6.45) is 1.09. The van der Waals surface area contributed by atoms with Crippen LogP contribution in [0.5, 0.6) is 0 Å². The molecule has 1 aliphatic heterocycles. The van der Waals surface area contributed by atoms with Gasteiger partial charge in [0.1, 0.15) is 11.7 Å². The molecular weight excluding hydrogens is 287 g/mol. The van der Waals surface area contributed by atoms with Gasteiger partial charge >= 0.3 is 34.7 Å². The summed E-state index contributed by atoms with van der Waals surface area (Å²) in [6.45, 7) is 11.4. The third-order valence-corrected chi connectivity index (χ3v) is 4.63. The third kappa shape index (κ3) is 4.45. The summed E-state index contributed by atoms with van der Waals surface area (Å²) in [5, 5.41) is 22.6. The molecule has 8 heteroatoms. The van der Waals surface area contributed by atoms with E-state index >= 15 is 0 Å². The molecule has 1 saturated heterocycles. The molecule has 0 radical (unpaired) electrons. The molecule has 0 aliphatic carbocycles. The quantitative estimate of drug-likeness (QED) is 0.413. The number of aromatic nitrogens is 2. The van der Waals surface area contributed by atoms with Crippen LogP contribution in [0.25, 0.3) is 0 Å². The smallest absolute Gasteiger partial charge is 0.870 e. The van der Waals surface area contributed by atoms with E-state index in [-0.39, 0.29) is 45.1 Å². The Bertz CT molecular complexity index is 424. The van der Waals surface area contributed by atoms with E-state index in [4.69, 9.17) is 0 Å². The Hall–Kier alpha value is 0.400. The number of quaternary nitrogens is 1. The zero-order valence-corrected chi connectivity index (χ0v) is 15.9. The SMILES string of the molecule is CCCN1CC[N+]([O-])(c2nnc(C(C)(C)C)s2)C1.[Na+].[OH-]. The van der Waals surface area contributed by atoms with E-state index in [0.717, 1.165) is 24.5 Å². The van der Waals surface area contributed by atoms with Gasteiger partial charge in [0, 0.05) is 12.0 Å². The number of hydroxylamine groups is 2. The van der Waals surface area contributed by atoms with E-state index < -0.39 is 0 Å². The van der Waals surface area contributed by atoms with E-state index in [1.54, 1.807) is 0 Å². The maximum atomic E-state index is 12.7. The van der Waals surface area contributed by atoms with Crippen molar-refractivity contribution < 1.29 is 35.0 Å². The summed E-state index contributed by atoms with van der Waals surface area (Å²) >= 11 is 1.47. The fourth-order valence-electron chi connectivity index (χ4n) is 2.11. The molecule has 1 N–H and O–H groups in total. The molecule has 1 atom stereocenters. The molecule has 1 aliphatic rings. The van der Waals surface area contributed by atoms with Gasteiger partial charge in [-0.1, -0.05) is 32.8 Å². The molecule has 1 aromatic rings. The van der Waals surface area contributed by atoms with Crippen molar-refractivity contribution >= 4 is 16.5 Å². The minimum absolute atomic E-state index is 0. The van der Waals surface area contributed by atoms with Crippen LogP contribution in [-0.2, 0) is 5.41 Å². The zero-order valence-electron chi connectivity index (χ0n) is 13.1. The number of hydrogen-bond donors (Lipinski definition) is 0. The van der Waals surface area contributed by atoms with E-state index in [1.807, 2.05) is 0 Å². The normalized spacial score (nSPS) is 23.2. The topological polar surface area (TPSA) is 82.1 Å². The van der Waals surface area contributed by atoms with Crippen molar-refractivity contribution in [2.75, 3.05) is 26.3 Å². The first-order chi connectivity index (χ1) is 8.35. The van der Waals surface area contributed by atoms with Crippen LogP contribution in [0.2, 0.25) is 0 Å². The Morgan fingerprint density at radius 3 is 2.50 bits per heavy atom. The Labute approximate surface area is 146 Å². The van der Waals surface area contributed by atoms with Gasteiger partial charge in [0.25, 0.3) is 0 Å². The molecule has 2 heterocycles. The molecule has 110 valence electrons. The van der Waals surface area contributed by atoms with Crippen LogP contribution >= 0.6 is 11.3 Å². The molecule has 1 aromatic heterocycles. The average molecular weight is 310 g/mol. The van der Waals surface area contributed by atoms with Gasteiger partial charge in [0.15, 0.2) is 0 Å². The van der Waals surface area contributed by atoms with Crippen molar-refractivity contribution in [2.24, 2.45) is 0 Å². The molecule has 6 nitrogen and oxygen atoms in total. The molecule has 0 aromatic carbocycles. The maximum absolute atomic E-state index is 12.7. The molecule has 0 saturated carbocycles. The fraction of sp³-hybridized carbons (Fsp3) is 0.833. The van der Waals surface area contributed by atoms with Gasteiger partial charge in [-0.05, 0) is 17.8 Å². The second-order valence-corrected chi connectivity index (χ2v) is 6.97. The van der Waals surface area contributed by atoms with Crippen LogP contribution in [0, 0.1) is 5.21 Å². The maximum Gasteiger partial charge on any atom is 1.00 e. The summed E-state index contributed by atoms with van der Waals surface area (Å²) < 4.78 is -0.326. The van der Waals surface area contributed by atoms with Crippen molar-refractivity contribution in [3.63, 3.8) is 0 Å². The molecule has 0 spiro atoms. The zero-order chi connectivity index (χ0) is 13.4. The predicted molar refractivity (Wildman–Crippen MR) is 77.3 cm³/mol. The van der Waals surface area contributed by atoms with Crippen molar-refractivity contribution in [1.82, 2.24) is 19.7 Å². The Morgan fingerprint density at radius 2 is 2.00 bits per heavy atom. The summed E-state index contributed by atoms with van der Waals surface area (Å²) in [5.41, 5.74) is -0.0299. The van der Waals surface area contributed by atoms with Gasteiger partial charge in [-0.3, -0.25) is 9.55 Å². The van der Waals surface area contributed by atoms with Gasteiger partial charge in [-0.25, -0.2) is 0 Å². The first-order valence-corrected chi connectivity index (χ1v) is 7.32. The number of rotatable bonds is 3. The Kier molecular flexibility index (Phi) is 7.75. The molecule has 1 fully saturated rings. The first-order valence-electron chi connectivity index (χ1n) is 6.50. The van der Waals surface area contributed by atoms with Crippen LogP contribution < -0.4 is 34.2 Å². The van der Waals surface area contributed by atoms with Crippen molar-refractivity contribution in [2.45, 2.75) is 39.5 Å². The largest absolute Gasteiger partial charge is 1.00 e. The minimum atomic E-state index is -0.326.